The number of aryl methyl sites for hydroxylation is 1. The maximum Gasteiger partial charge on any atom is 0.261 e. The highest BCUT2D eigenvalue weighted by molar-refractivity contribution is 6.31. The number of hydrogen-bond acceptors (Lipinski definition) is 3. The predicted octanol–water partition coefficient (Wildman–Crippen LogP) is 4.14. The lowest BCUT2D eigenvalue weighted by atomic mass is 10.2. The molecule has 1 atom stereocenters. The zero-order chi connectivity index (χ0) is 18.2. The van der Waals surface area contributed by atoms with Crippen molar-refractivity contribution in [3.63, 3.8) is 0 Å². The summed E-state index contributed by atoms with van der Waals surface area (Å²) in [6, 6.07) is 11.4. The number of nitrogens with one attached hydrogen (secondary N) is 1. The van der Waals surface area contributed by atoms with E-state index in [1.165, 1.54) is 12.1 Å². The summed E-state index contributed by atoms with van der Waals surface area (Å²) < 4.78 is 24.6. The molecule has 1 unspecified atom stereocenters. The normalized spacial score (nSPS) is 11.7. The summed E-state index contributed by atoms with van der Waals surface area (Å²) in [5, 5.41) is 3.36. The Kier molecular flexibility index (Phi) is 7.07. The Morgan fingerprint density at radius 2 is 2.04 bits per heavy atom. The Morgan fingerprint density at radius 3 is 2.72 bits per heavy atom. The topological polar surface area (TPSA) is 47.6 Å². The molecular weight excluding hydrogens is 345 g/mol. The fourth-order valence-corrected chi connectivity index (χ4v) is 2.31. The summed E-state index contributed by atoms with van der Waals surface area (Å²) >= 11 is 6.03. The average Bonchev–Trinajstić information content (AvgIpc) is 2.60. The molecule has 0 aromatic heterocycles. The minimum Gasteiger partial charge on any atom is -0.492 e. The molecule has 134 valence electrons. The molecule has 0 saturated heterocycles. The van der Waals surface area contributed by atoms with Crippen LogP contribution in [0.5, 0.6) is 11.5 Å². The van der Waals surface area contributed by atoms with Crippen LogP contribution < -0.4 is 14.8 Å². The molecule has 6 heteroatoms. The van der Waals surface area contributed by atoms with Gasteiger partial charge in [-0.1, -0.05) is 36.7 Å². The molecule has 0 saturated carbocycles. The highest BCUT2D eigenvalue weighted by atomic mass is 35.5. The third-order valence-corrected chi connectivity index (χ3v) is 3.99. The number of halogens is 2. The number of rotatable bonds is 8. The van der Waals surface area contributed by atoms with Crippen LogP contribution in [-0.4, -0.2) is 25.2 Å². The molecule has 1 amide bonds. The smallest absolute Gasteiger partial charge is 0.261 e. The van der Waals surface area contributed by atoms with Crippen LogP contribution in [0.3, 0.4) is 0 Å². The summed E-state index contributed by atoms with van der Waals surface area (Å²) in [5.74, 6) is -0.0980. The van der Waals surface area contributed by atoms with Gasteiger partial charge in [0.25, 0.3) is 5.91 Å². The van der Waals surface area contributed by atoms with Gasteiger partial charge in [0.15, 0.2) is 17.7 Å². The zero-order valence-corrected chi connectivity index (χ0v) is 15.0. The van der Waals surface area contributed by atoms with Crippen LogP contribution in [0.25, 0.3) is 0 Å². The van der Waals surface area contributed by atoms with Crippen molar-refractivity contribution in [2.45, 2.75) is 26.4 Å². The third-order valence-electron chi connectivity index (χ3n) is 3.58. The van der Waals surface area contributed by atoms with Crippen LogP contribution in [0.15, 0.2) is 42.5 Å². The van der Waals surface area contributed by atoms with Crippen LogP contribution in [0.2, 0.25) is 5.02 Å². The maximum atomic E-state index is 13.6. The van der Waals surface area contributed by atoms with E-state index in [1.807, 2.05) is 19.1 Å². The maximum absolute atomic E-state index is 13.6. The summed E-state index contributed by atoms with van der Waals surface area (Å²) in [7, 11) is 0. The van der Waals surface area contributed by atoms with Crippen LogP contribution in [0, 0.1) is 12.7 Å². The number of amides is 1. The minimum absolute atomic E-state index is 0.0649. The van der Waals surface area contributed by atoms with Gasteiger partial charge in [-0.2, -0.15) is 0 Å². The number of carbonyl (C=O) groups is 1. The molecule has 0 radical (unpaired) electrons. The van der Waals surface area contributed by atoms with Gasteiger partial charge < -0.3 is 14.8 Å². The molecule has 0 aliphatic rings. The molecule has 2 rings (SSSR count). The largest absolute Gasteiger partial charge is 0.492 e. The monoisotopic (exact) mass is 365 g/mol. The highest BCUT2D eigenvalue weighted by Crippen LogP contribution is 2.21. The average molecular weight is 366 g/mol. The van der Waals surface area contributed by atoms with Gasteiger partial charge in [0.05, 0.1) is 6.54 Å². The second-order valence-corrected chi connectivity index (χ2v) is 5.90. The van der Waals surface area contributed by atoms with Gasteiger partial charge in [-0.25, -0.2) is 4.39 Å². The van der Waals surface area contributed by atoms with Gasteiger partial charge in [0, 0.05) is 5.02 Å². The summed E-state index contributed by atoms with van der Waals surface area (Å²) in [6.07, 6.45) is -0.333. The van der Waals surface area contributed by atoms with Crippen molar-refractivity contribution in [3.8, 4) is 11.5 Å². The molecule has 0 heterocycles. The van der Waals surface area contributed by atoms with Gasteiger partial charge in [-0.3, -0.25) is 4.79 Å². The van der Waals surface area contributed by atoms with Crippen LogP contribution in [0.1, 0.15) is 18.9 Å². The van der Waals surface area contributed by atoms with Crippen molar-refractivity contribution in [1.29, 1.82) is 0 Å². The van der Waals surface area contributed by atoms with E-state index in [0.717, 1.165) is 5.56 Å². The summed E-state index contributed by atoms with van der Waals surface area (Å²) in [4.78, 5) is 12.2. The molecule has 0 aliphatic heterocycles. The molecule has 2 aromatic rings. The predicted molar refractivity (Wildman–Crippen MR) is 95.8 cm³/mol. The number of ether oxygens (including phenoxy) is 2. The molecule has 25 heavy (non-hydrogen) atoms. The molecular formula is C19H21ClFNO3. The molecule has 4 nitrogen and oxygen atoms in total. The van der Waals surface area contributed by atoms with E-state index in [-0.39, 0.29) is 11.7 Å². The van der Waals surface area contributed by atoms with Crippen molar-refractivity contribution in [1.82, 2.24) is 5.32 Å². The summed E-state index contributed by atoms with van der Waals surface area (Å²) in [6.45, 7) is 4.31. The zero-order valence-electron chi connectivity index (χ0n) is 14.2. The second kappa shape index (κ2) is 9.28. The van der Waals surface area contributed by atoms with E-state index in [1.54, 1.807) is 25.1 Å². The van der Waals surface area contributed by atoms with Crippen LogP contribution in [0.4, 0.5) is 4.39 Å². The van der Waals surface area contributed by atoms with Crippen molar-refractivity contribution < 1.29 is 18.7 Å². The second-order valence-electron chi connectivity index (χ2n) is 5.50. The molecule has 1 N–H and O–H groups in total. The Labute approximate surface area is 151 Å². The lowest BCUT2D eigenvalue weighted by molar-refractivity contribution is -0.128. The van der Waals surface area contributed by atoms with Gasteiger partial charge >= 0.3 is 0 Å². The fourth-order valence-electron chi connectivity index (χ4n) is 2.14. The Morgan fingerprint density at radius 1 is 1.28 bits per heavy atom. The van der Waals surface area contributed by atoms with Crippen molar-refractivity contribution in [2.75, 3.05) is 13.2 Å². The van der Waals surface area contributed by atoms with Crippen molar-refractivity contribution >= 4 is 17.5 Å². The summed E-state index contributed by atoms with van der Waals surface area (Å²) in [5.41, 5.74) is 0.971. The van der Waals surface area contributed by atoms with E-state index in [4.69, 9.17) is 21.1 Å². The van der Waals surface area contributed by atoms with E-state index in [2.05, 4.69) is 5.32 Å². The Balaban J connectivity index is 1.79. The molecule has 0 aliphatic carbocycles. The highest BCUT2D eigenvalue weighted by Gasteiger charge is 2.19. The van der Waals surface area contributed by atoms with Gasteiger partial charge in [-0.05, 0) is 43.2 Å². The first-order valence-electron chi connectivity index (χ1n) is 8.09. The lowest BCUT2D eigenvalue weighted by Gasteiger charge is -2.17. The standard InChI is InChI=1S/C19H21ClFNO3/c1-3-17(25-18-7-5-4-6-16(18)21)19(23)22-10-11-24-14-9-8-13(2)15(20)12-14/h4-9,12,17H,3,10-11H2,1-2H3,(H,22,23). The van der Waals surface area contributed by atoms with Gasteiger partial charge in [-0.15, -0.1) is 0 Å². The van der Waals surface area contributed by atoms with E-state index in [9.17, 15) is 9.18 Å². The molecule has 0 spiro atoms. The van der Waals surface area contributed by atoms with E-state index >= 15 is 0 Å². The SMILES string of the molecule is CCC(Oc1ccccc1F)C(=O)NCCOc1ccc(C)c(Cl)c1. The van der Waals surface area contributed by atoms with Gasteiger partial charge in [0.2, 0.25) is 0 Å². The van der Waals surface area contributed by atoms with Gasteiger partial charge in [0.1, 0.15) is 12.4 Å². The van der Waals surface area contributed by atoms with Crippen molar-refractivity contribution in [3.05, 3.63) is 58.9 Å². The quantitative estimate of drug-likeness (QED) is 0.715. The first kappa shape index (κ1) is 19.1. The van der Waals surface area contributed by atoms with Crippen molar-refractivity contribution in [2.24, 2.45) is 0 Å². The minimum atomic E-state index is -0.759. The molecule has 2 aromatic carbocycles. The number of carbonyl (C=O) groups excluding carboxylic acids is 1. The first-order valence-corrected chi connectivity index (χ1v) is 8.47. The number of para-hydroxylation sites is 1. The number of hydrogen-bond donors (Lipinski definition) is 1. The Hall–Kier alpha value is -2.27. The Bertz CT molecular complexity index is 724. The fraction of sp³-hybridized carbons (Fsp3) is 0.316. The number of benzene rings is 2. The van der Waals surface area contributed by atoms with E-state index in [0.29, 0.717) is 30.3 Å². The van der Waals surface area contributed by atoms with E-state index < -0.39 is 11.9 Å². The molecule has 0 bridgehead atoms. The van der Waals surface area contributed by atoms with Crippen LogP contribution >= 0.6 is 11.6 Å². The first-order chi connectivity index (χ1) is 12.0. The third kappa shape index (κ3) is 5.64. The van der Waals surface area contributed by atoms with Crippen LogP contribution in [-0.2, 0) is 4.79 Å². The lowest BCUT2D eigenvalue weighted by Crippen LogP contribution is -2.39. The molecule has 0 fully saturated rings.